The van der Waals surface area contributed by atoms with Gasteiger partial charge < -0.3 is 9.47 Å². The van der Waals surface area contributed by atoms with Crippen LogP contribution in [0.5, 0.6) is 5.75 Å². The summed E-state index contributed by atoms with van der Waals surface area (Å²) < 4.78 is 24.0. The maximum Gasteiger partial charge on any atom is 0.163 e. The average Bonchev–Trinajstić information content (AvgIpc) is 2.78. The predicted molar refractivity (Wildman–Crippen MR) is 60.9 cm³/mol. The van der Waals surface area contributed by atoms with Gasteiger partial charge in [0.1, 0.15) is 18.2 Å². The molecule has 0 saturated carbocycles. The van der Waals surface area contributed by atoms with Crippen LogP contribution >= 0.6 is 0 Å². The van der Waals surface area contributed by atoms with Crippen molar-refractivity contribution in [2.45, 2.75) is 25.9 Å². The first kappa shape index (κ1) is 12.0. The zero-order valence-corrected chi connectivity index (χ0v) is 9.74. The van der Waals surface area contributed by atoms with Gasteiger partial charge in [-0.15, -0.1) is 0 Å². The van der Waals surface area contributed by atoms with E-state index in [1.54, 1.807) is 0 Å². The van der Waals surface area contributed by atoms with Gasteiger partial charge in [0.25, 0.3) is 0 Å². The van der Waals surface area contributed by atoms with Gasteiger partial charge in [-0.3, -0.25) is 4.79 Å². The SMILES string of the molecule is CC(=O)c1ccc(F)cc1OCC1CCCO1. The van der Waals surface area contributed by atoms with Gasteiger partial charge >= 0.3 is 0 Å². The lowest BCUT2D eigenvalue weighted by Crippen LogP contribution is -2.17. The molecule has 0 N–H and O–H groups in total. The Morgan fingerprint density at radius 2 is 2.41 bits per heavy atom. The first-order valence-corrected chi connectivity index (χ1v) is 5.71. The maximum absolute atomic E-state index is 13.1. The molecular weight excluding hydrogens is 223 g/mol. The first-order valence-electron chi connectivity index (χ1n) is 5.71. The number of Topliss-reactive ketones (excluding diaryl/α,β-unsaturated/α-hetero) is 1. The second kappa shape index (κ2) is 5.27. The van der Waals surface area contributed by atoms with Crippen molar-refractivity contribution in [1.29, 1.82) is 0 Å². The first-order chi connectivity index (χ1) is 8.16. The van der Waals surface area contributed by atoms with E-state index < -0.39 is 5.82 Å². The second-order valence-electron chi connectivity index (χ2n) is 4.14. The molecule has 1 aliphatic heterocycles. The van der Waals surface area contributed by atoms with Gasteiger partial charge in [-0.05, 0) is 31.9 Å². The van der Waals surface area contributed by atoms with E-state index in [0.29, 0.717) is 17.9 Å². The van der Waals surface area contributed by atoms with Crippen LogP contribution < -0.4 is 4.74 Å². The molecule has 1 fully saturated rings. The van der Waals surface area contributed by atoms with Crippen LogP contribution in [0, 0.1) is 5.82 Å². The monoisotopic (exact) mass is 238 g/mol. The van der Waals surface area contributed by atoms with Crippen molar-refractivity contribution in [1.82, 2.24) is 0 Å². The standard InChI is InChI=1S/C13H15FO3/c1-9(15)12-5-4-10(14)7-13(12)17-8-11-3-2-6-16-11/h4-5,7,11H,2-3,6,8H2,1H3. The van der Waals surface area contributed by atoms with Crippen molar-refractivity contribution in [2.75, 3.05) is 13.2 Å². The molecule has 0 amide bonds. The zero-order chi connectivity index (χ0) is 12.3. The lowest BCUT2D eigenvalue weighted by Gasteiger charge is -2.13. The molecule has 1 unspecified atom stereocenters. The highest BCUT2D eigenvalue weighted by atomic mass is 19.1. The van der Waals surface area contributed by atoms with Crippen LogP contribution in [0.3, 0.4) is 0 Å². The van der Waals surface area contributed by atoms with Gasteiger partial charge in [0.15, 0.2) is 5.78 Å². The summed E-state index contributed by atoms with van der Waals surface area (Å²) in [6.45, 7) is 2.55. The summed E-state index contributed by atoms with van der Waals surface area (Å²) in [4.78, 5) is 11.3. The summed E-state index contributed by atoms with van der Waals surface area (Å²) in [6.07, 6.45) is 2.03. The van der Waals surface area contributed by atoms with E-state index in [0.717, 1.165) is 19.4 Å². The summed E-state index contributed by atoms with van der Waals surface area (Å²) in [5.41, 5.74) is 0.407. The number of benzene rings is 1. The number of carbonyl (C=O) groups is 1. The number of carbonyl (C=O) groups excluding carboxylic acids is 1. The Morgan fingerprint density at radius 3 is 3.06 bits per heavy atom. The Bertz CT molecular complexity index is 411. The lowest BCUT2D eigenvalue weighted by atomic mass is 10.1. The van der Waals surface area contributed by atoms with Gasteiger partial charge in [0.2, 0.25) is 0 Å². The van der Waals surface area contributed by atoms with Crippen molar-refractivity contribution in [3.63, 3.8) is 0 Å². The fourth-order valence-electron chi connectivity index (χ4n) is 1.86. The second-order valence-corrected chi connectivity index (χ2v) is 4.14. The summed E-state index contributed by atoms with van der Waals surface area (Å²) in [5.74, 6) is -0.238. The van der Waals surface area contributed by atoms with Gasteiger partial charge in [-0.25, -0.2) is 4.39 Å². The van der Waals surface area contributed by atoms with E-state index in [2.05, 4.69) is 0 Å². The third-order valence-electron chi connectivity index (χ3n) is 2.77. The highest BCUT2D eigenvalue weighted by molar-refractivity contribution is 5.96. The van der Waals surface area contributed by atoms with Crippen molar-refractivity contribution in [3.05, 3.63) is 29.6 Å². The van der Waals surface area contributed by atoms with Crippen molar-refractivity contribution < 1.29 is 18.7 Å². The average molecular weight is 238 g/mol. The molecule has 1 aromatic carbocycles. The van der Waals surface area contributed by atoms with E-state index >= 15 is 0 Å². The third-order valence-corrected chi connectivity index (χ3v) is 2.77. The number of hydrogen-bond acceptors (Lipinski definition) is 3. The number of hydrogen-bond donors (Lipinski definition) is 0. The molecule has 1 aliphatic rings. The van der Waals surface area contributed by atoms with Crippen LogP contribution in [0.2, 0.25) is 0 Å². The van der Waals surface area contributed by atoms with Gasteiger partial charge in [-0.2, -0.15) is 0 Å². The number of ketones is 1. The van der Waals surface area contributed by atoms with Crippen LogP contribution in [-0.4, -0.2) is 25.1 Å². The van der Waals surface area contributed by atoms with Gasteiger partial charge in [0.05, 0.1) is 11.7 Å². The Balaban J connectivity index is 2.07. The van der Waals surface area contributed by atoms with Crippen LogP contribution in [0.1, 0.15) is 30.1 Å². The van der Waals surface area contributed by atoms with Gasteiger partial charge in [-0.1, -0.05) is 0 Å². The quantitative estimate of drug-likeness (QED) is 0.756. The fourth-order valence-corrected chi connectivity index (χ4v) is 1.86. The molecule has 0 aromatic heterocycles. The smallest absolute Gasteiger partial charge is 0.163 e. The Morgan fingerprint density at radius 1 is 1.59 bits per heavy atom. The summed E-state index contributed by atoms with van der Waals surface area (Å²) in [7, 11) is 0. The normalized spacial score (nSPS) is 19.3. The Hall–Kier alpha value is -1.42. The van der Waals surface area contributed by atoms with E-state index in [9.17, 15) is 9.18 Å². The van der Waals surface area contributed by atoms with E-state index in [1.165, 1.54) is 25.1 Å². The largest absolute Gasteiger partial charge is 0.490 e. The topological polar surface area (TPSA) is 35.5 Å². The minimum Gasteiger partial charge on any atom is -0.490 e. The summed E-state index contributed by atoms with van der Waals surface area (Å²) >= 11 is 0. The number of ether oxygens (including phenoxy) is 2. The zero-order valence-electron chi connectivity index (χ0n) is 9.74. The van der Waals surface area contributed by atoms with Crippen LogP contribution in [0.25, 0.3) is 0 Å². The molecule has 4 heteroatoms. The number of rotatable bonds is 4. The molecule has 1 heterocycles. The van der Waals surface area contributed by atoms with E-state index in [4.69, 9.17) is 9.47 Å². The van der Waals surface area contributed by atoms with Crippen LogP contribution in [-0.2, 0) is 4.74 Å². The predicted octanol–water partition coefficient (Wildman–Crippen LogP) is 2.59. The highest BCUT2D eigenvalue weighted by Gasteiger charge is 2.17. The maximum atomic E-state index is 13.1. The molecule has 0 bridgehead atoms. The Kier molecular flexibility index (Phi) is 3.74. The van der Waals surface area contributed by atoms with Gasteiger partial charge in [0, 0.05) is 12.7 Å². The van der Waals surface area contributed by atoms with E-state index in [1.807, 2.05) is 0 Å². The third kappa shape index (κ3) is 3.03. The van der Waals surface area contributed by atoms with Crippen LogP contribution in [0.4, 0.5) is 4.39 Å². The highest BCUT2D eigenvalue weighted by Crippen LogP contribution is 2.22. The Labute approximate surface area is 99.5 Å². The van der Waals surface area contributed by atoms with Crippen molar-refractivity contribution >= 4 is 5.78 Å². The summed E-state index contributed by atoms with van der Waals surface area (Å²) in [5, 5.41) is 0. The number of halogens is 1. The fraction of sp³-hybridized carbons (Fsp3) is 0.462. The minimum absolute atomic E-state index is 0.0538. The molecule has 3 nitrogen and oxygen atoms in total. The molecule has 1 saturated heterocycles. The van der Waals surface area contributed by atoms with Crippen LogP contribution in [0.15, 0.2) is 18.2 Å². The molecule has 92 valence electrons. The molecular formula is C13H15FO3. The molecule has 0 aliphatic carbocycles. The molecule has 1 aromatic rings. The lowest BCUT2D eigenvalue weighted by molar-refractivity contribution is 0.0671. The molecule has 1 atom stereocenters. The van der Waals surface area contributed by atoms with Crippen molar-refractivity contribution in [2.24, 2.45) is 0 Å². The molecule has 0 spiro atoms. The molecule has 0 radical (unpaired) electrons. The molecule has 17 heavy (non-hydrogen) atoms. The molecule has 2 rings (SSSR count). The van der Waals surface area contributed by atoms with Crippen molar-refractivity contribution in [3.8, 4) is 5.75 Å². The summed E-state index contributed by atoms with van der Waals surface area (Å²) in [6, 6.07) is 3.95. The minimum atomic E-state index is -0.405. The van der Waals surface area contributed by atoms with E-state index in [-0.39, 0.29) is 11.9 Å².